The number of carbonyl (C=O) groups is 1. The van der Waals surface area contributed by atoms with Crippen molar-refractivity contribution in [2.45, 2.75) is 18.9 Å². The van der Waals surface area contributed by atoms with Gasteiger partial charge < -0.3 is 14.8 Å². The average Bonchev–Trinajstić information content (AvgIpc) is 2.87. The first-order chi connectivity index (χ1) is 14.4. The maximum absolute atomic E-state index is 12.5. The molecule has 0 aliphatic carbocycles. The monoisotopic (exact) mass is 414 g/mol. The van der Waals surface area contributed by atoms with Gasteiger partial charge in [-0.2, -0.15) is 0 Å². The molecule has 0 bridgehead atoms. The minimum atomic E-state index is -4.74. The predicted molar refractivity (Wildman–Crippen MR) is 103 cm³/mol. The molecule has 1 aliphatic rings. The van der Waals surface area contributed by atoms with Gasteiger partial charge >= 0.3 is 6.36 Å². The average molecular weight is 414 g/mol. The summed E-state index contributed by atoms with van der Waals surface area (Å²) in [7, 11) is 0. The fraction of sp³-hybridized carbons (Fsp3) is 0.182. The summed E-state index contributed by atoms with van der Waals surface area (Å²) in [5.41, 5.74) is 2.55. The number of rotatable bonds is 4. The van der Waals surface area contributed by atoms with Crippen molar-refractivity contribution in [1.29, 1.82) is 0 Å². The summed E-state index contributed by atoms with van der Waals surface area (Å²) in [5.74, 6) is -0.126. The molecule has 1 aromatic heterocycles. The molecule has 3 aromatic rings. The zero-order valence-electron chi connectivity index (χ0n) is 15.6. The van der Waals surface area contributed by atoms with Gasteiger partial charge in [0.25, 0.3) is 5.91 Å². The van der Waals surface area contributed by atoms with Crippen LogP contribution in [0.5, 0.6) is 11.5 Å². The van der Waals surface area contributed by atoms with E-state index in [0.717, 1.165) is 5.69 Å². The van der Waals surface area contributed by atoms with Crippen LogP contribution in [0.1, 0.15) is 16.1 Å². The maximum Gasteiger partial charge on any atom is 0.573 e. The second kappa shape index (κ2) is 8.06. The van der Waals surface area contributed by atoms with Crippen molar-refractivity contribution in [1.82, 2.24) is 10.3 Å². The molecule has 30 heavy (non-hydrogen) atoms. The minimum Gasteiger partial charge on any atom is -0.487 e. The molecule has 1 atom stereocenters. The Hall–Kier alpha value is -3.55. The largest absolute Gasteiger partial charge is 0.573 e. The van der Waals surface area contributed by atoms with Crippen LogP contribution >= 0.6 is 0 Å². The lowest BCUT2D eigenvalue weighted by Gasteiger charge is -2.16. The molecular formula is C22H17F3N2O3. The number of carbonyl (C=O) groups excluding carboxylic acids is 1. The minimum absolute atomic E-state index is 0.269. The normalized spacial score (nSPS) is 16.1. The van der Waals surface area contributed by atoms with Crippen LogP contribution in [0.15, 0.2) is 66.9 Å². The smallest absolute Gasteiger partial charge is 0.487 e. The number of hydrogen-bond donors (Lipinski definition) is 1. The fourth-order valence-electron chi connectivity index (χ4n) is 3.23. The van der Waals surface area contributed by atoms with Crippen LogP contribution in [0.3, 0.4) is 0 Å². The lowest BCUT2D eigenvalue weighted by molar-refractivity contribution is -0.274. The number of aromatic nitrogens is 1. The number of halogens is 3. The molecule has 0 spiro atoms. The molecule has 154 valence electrons. The number of benzene rings is 2. The van der Waals surface area contributed by atoms with Crippen molar-refractivity contribution in [2.24, 2.45) is 0 Å². The van der Waals surface area contributed by atoms with E-state index in [2.05, 4.69) is 15.0 Å². The van der Waals surface area contributed by atoms with Crippen LogP contribution in [0, 0.1) is 0 Å². The number of hydrogen-bond acceptors (Lipinski definition) is 4. The molecular weight excluding hydrogens is 397 g/mol. The Morgan fingerprint density at radius 3 is 2.53 bits per heavy atom. The quantitative estimate of drug-likeness (QED) is 0.688. The van der Waals surface area contributed by atoms with Gasteiger partial charge in [0, 0.05) is 18.3 Å². The summed E-state index contributed by atoms with van der Waals surface area (Å²) < 4.78 is 46.9. The van der Waals surface area contributed by atoms with E-state index in [1.165, 1.54) is 24.3 Å². The van der Waals surface area contributed by atoms with Crippen LogP contribution in [-0.4, -0.2) is 29.9 Å². The Morgan fingerprint density at radius 2 is 1.83 bits per heavy atom. The van der Waals surface area contributed by atoms with Gasteiger partial charge in [0.05, 0.1) is 12.1 Å². The number of amides is 1. The summed E-state index contributed by atoms with van der Waals surface area (Å²) in [5, 5.41) is 2.85. The SMILES string of the molecule is O=C1NCC(Cc2ccccn2)Oc2ccc(-c3ccc(OC(F)(F)F)cc3)cc21. The van der Waals surface area contributed by atoms with Crippen molar-refractivity contribution >= 4 is 5.91 Å². The fourth-order valence-corrected chi connectivity index (χ4v) is 3.23. The Labute approximate surface area is 170 Å². The molecule has 2 heterocycles. The molecule has 1 amide bonds. The van der Waals surface area contributed by atoms with Crippen LogP contribution in [0.25, 0.3) is 11.1 Å². The molecule has 0 saturated carbocycles. The molecule has 1 unspecified atom stereocenters. The standard InChI is InChI=1S/C22H17F3N2O3/c23-22(24,25)30-17-7-4-14(5-8-17)15-6-9-20-19(11-15)21(28)27-13-18(29-20)12-16-3-1-2-10-26-16/h1-11,18H,12-13H2,(H,27,28). The summed E-state index contributed by atoms with van der Waals surface area (Å²) in [6.45, 7) is 0.336. The number of alkyl halides is 3. The van der Waals surface area contributed by atoms with Crippen LogP contribution < -0.4 is 14.8 Å². The molecule has 0 radical (unpaired) electrons. The van der Waals surface area contributed by atoms with Crippen molar-refractivity contribution in [3.63, 3.8) is 0 Å². The van der Waals surface area contributed by atoms with Gasteiger partial charge in [-0.25, -0.2) is 0 Å². The first kappa shape index (κ1) is 19.8. The predicted octanol–water partition coefficient (Wildman–Crippen LogP) is 4.38. The highest BCUT2D eigenvalue weighted by Crippen LogP contribution is 2.31. The van der Waals surface area contributed by atoms with Gasteiger partial charge in [0.15, 0.2) is 0 Å². The maximum atomic E-state index is 12.5. The third-order valence-electron chi connectivity index (χ3n) is 4.59. The first-order valence-electron chi connectivity index (χ1n) is 9.22. The van der Waals surface area contributed by atoms with Crippen molar-refractivity contribution in [3.05, 3.63) is 78.1 Å². The van der Waals surface area contributed by atoms with Gasteiger partial charge in [-0.15, -0.1) is 13.2 Å². The molecule has 1 aliphatic heterocycles. The molecule has 0 saturated heterocycles. The topological polar surface area (TPSA) is 60.5 Å². The Morgan fingerprint density at radius 1 is 1.07 bits per heavy atom. The van der Waals surface area contributed by atoms with Crippen LogP contribution in [0.2, 0.25) is 0 Å². The third kappa shape index (κ3) is 4.71. The lowest BCUT2D eigenvalue weighted by Crippen LogP contribution is -2.33. The summed E-state index contributed by atoms with van der Waals surface area (Å²) >= 11 is 0. The zero-order chi connectivity index (χ0) is 21.1. The molecule has 4 rings (SSSR count). The van der Waals surface area contributed by atoms with E-state index >= 15 is 0 Å². The van der Waals surface area contributed by atoms with E-state index in [-0.39, 0.29) is 17.8 Å². The highest BCUT2D eigenvalue weighted by Gasteiger charge is 2.31. The number of ether oxygens (including phenoxy) is 2. The first-order valence-corrected chi connectivity index (χ1v) is 9.22. The van der Waals surface area contributed by atoms with E-state index in [9.17, 15) is 18.0 Å². The van der Waals surface area contributed by atoms with Gasteiger partial charge in [0.1, 0.15) is 17.6 Å². The third-order valence-corrected chi connectivity index (χ3v) is 4.59. The molecule has 8 heteroatoms. The van der Waals surface area contributed by atoms with Gasteiger partial charge in [-0.1, -0.05) is 24.3 Å². The van der Waals surface area contributed by atoms with E-state index in [1.807, 2.05) is 18.2 Å². The van der Waals surface area contributed by atoms with Crippen molar-refractivity contribution < 1.29 is 27.4 Å². The van der Waals surface area contributed by atoms with Gasteiger partial charge in [0.2, 0.25) is 0 Å². The Kier molecular flexibility index (Phi) is 5.31. The zero-order valence-corrected chi connectivity index (χ0v) is 15.6. The molecule has 1 N–H and O–H groups in total. The Bertz CT molecular complexity index is 1040. The van der Waals surface area contributed by atoms with Crippen LogP contribution in [0.4, 0.5) is 13.2 Å². The van der Waals surface area contributed by atoms with Gasteiger partial charge in [-0.05, 0) is 47.5 Å². The van der Waals surface area contributed by atoms with E-state index < -0.39 is 6.36 Å². The van der Waals surface area contributed by atoms with E-state index in [4.69, 9.17) is 4.74 Å². The summed E-state index contributed by atoms with van der Waals surface area (Å²) in [6, 6.07) is 16.2. The highest BCUT2D eigenvalue weighted by atomic mass is 19.4. The van der Waals surface area contributed by atoms with E-state index in [0.29, 0.717) is 35.4 Å². The van der Waals surface area contributed by atoms with Crippen LogP contribution in [-0.2, 0) is 6.42 Å². The molecule has 0 fully saturated rings. The summed E-state index contributed by atoms with van der Waals surface area (Å²) in [4.78, 5) is 16.8. The number of pyridine rings is 1. The number of nitrogens with zero attached hydrogens (tertiary/aromatic N) is 1. The van der Waals surface area contributed by atoms with Gasteiger partial charge in [-0.3, -0.25) is 9.78 Å². The second-order valence-electron chi connectivity index (χ2n) is 6.76. The lowest BCUT2D eigenvalue weighted by atomic mass is 10.0. The highest BCUT2D eigenvalue weighted by molar-refractivity contribution is 5.98. The second-order valence-corrected chi connectivity index (χ2v) is 6.76. The molecule has 2 aromatic carbocycles. The summed E-state index contributed by atoms with van der Waals surface area (Å²) in [6.07, 6.45) is -2.76. The molecule has 5 nitrogen and oxygen atoms in total. The van der Waals surface area contributed by atoms with E-state index in [1.54, 1.807) is 24.4 Å². The van der Waals surface area contributed by atoms with Crippen molar-refractivity contribution in [2.75, 3.05) is 6.54 Å². The Balaban J connectivity index is 1.55. The number of nitrogens with one attached hydrogen (secondary N) is 1. The van der Waals surface area contributed by atoms with Crippen molar-refractivity contribution in [3.8, 4) is 22.6 Å². The number of fused-ring (bicyclic) bond motifs is 1.